The number of carbonyl (C=O) groups excluding carboxylic acids is 1. The van der Waals surface area contributed by atoms with Gasteiger partial charge in [0.25, 0.3) is 0 Å². The summed E-state index contributed by atoms with van der Waals surface area (Å²) in [5.41, 5.74) is 4.17. The lowest BCUT2D eigenvalue weighted by Crippen LogP contribution is -2.45. The highest BCUT2D eigenvalue weighted by Crippen LogP contribution is 2.39. The lowest BCUT2D eigenvalue weighted by molar-refractivity contribution is -0.161. The molecule has 0 saturated heterocycles. The zero-order valence-electron chi connectivity index (χ0n) is 23.6. The van der Waals surface area contributed by atoms with Crippen molar-refractivity contribution in [2.45, 2.75) is 78.4 Å². The van der Waals surface area contributed by atoms with E-state index < -0.39 is 22.5 Å². The number of hydrogen-bond donors (Lipinski definition) is 2. The third-order valence-electron chi connectivity index (χ3n) is 7.38. The Bertz CT molecular complexity index is 1430. The average Bonchev–Trinajstić information content (AvgIpc) is 3.43. The molecule has 0 amide bonds. The van der Waals surface area contributed by atoms with Crippen molar-refractivity contribution in [2.75, 3.05) is 0 Å². The first-order valence-corrected chi connectivity index (χ1v) is 13.1. The van der Waals surface area contributed by atoms with Gasteiger partial charge in [0.1, 0.15) is 5.60 Å². The Morgan fingerprint density at radius 1 is 1.05 bits per heavy atom. The minimum Gasteiger partial charge on any atom is -0.481 e. The van der Waals surface area contributed by atoms with Crippen molar-refractivity contribution < 1.29 is 19.4 Å². The van der Waals surface area contributed by atoms with Gasteiger partial charge < -0.3 is 14.8 Å². The van der Waals surface area contributed by atoms with Crippen LogP contribution in [0.1, 0.15) is 63.8 Å². The number of fused-ring (bicyclic) bond motifs is 1. The first kappa shape index (κ1) is 27.4. The van der Waals surface area contributed by atoms with Gasteiger partial charge in [-0.1, -0.05) is 30.2 Å². The van der Waals surface area contributed by atoms with Crippen molar-refractivity contribution in [1.29, 1.82) is 0 Å². The number of aliphatic carboxylic acids is 1. The number of aliphatic imine (C=N–C) groups is 1. The second-order valence-electron chi connectivity index (χ2n) is 12.1. The van der Waals surface area contributed by atoms with Crippen molar-refractivity contribution in [3.63, 3.8) is 0 Å². The van der Waals surface area contributed by atoms with Crippen LogP contribution in [0.15, 0.2) is 53.5 Å². The fourth-order valence-electron chi connectivity index (χ4n) is 5.17. The molecule has 0 spiro atoms. The highest BCUT2D eigenvalue weighted by molar-refractivity contribution is 5.94. The topological polar surface area (TPSA) is 91.8 Å². The second-order valence-corrected chi connectivity index (χ2v) is 12.1. The summed E-state index contributed by atoms with van der Waals surface area (Å²) in [4.78, 5) is 33.7. The number of carboxylic acids is 1. The van der Waals surface area contributed by atoms with Crippen LogP contribution in [0.3, 0.4) is 0 Å². The molecular weight excluding hydrogens is 476 g/mol. The molecule has 2 atom stereocenters. The molecule has 38 heavy (non-hydrogen) atoms. The molecule has 0 saturated carbocycles. The van der Waals surface area contributed by atoms with Crippen molar-refractivity contribution in [2.24, 2.45) is 10.9 Å². The molecule has 2 heterocycles. The number of ether oxygens (including phenoxy) is 1. The smallest absolute Gasteiger partial charge is 0.338 e. The largest absolute Gasteiger partial charge is 0.481 e. The van der Waals surface area contributed by atoms with Gasteiger partial charge >= 0.3 is 11.9 Å². The van der Waals surface area contributed by atoms with Gasteiger partial charge in [0.05, 0.1) is 5.41 Å². The van der Waals surface area contributed by atoms with Crippen LogP contribution in [-0.2, 0) is 26.2 Å². The van der Waals surface area contributed by atoms with Crippen molar-refractivity contribution in [3.8, 4) is 11.3 Å². The maximum Gasteiger partial charge on any atom is 0.338 e. The summed E-state index contributed by atoms with van der Waals surface area (Å²) in [6, 6.07) is 12.2. The van der Waals surface area contributed by atoms with Gasteiger partial charge in [-0.05, 0) is 114 Å². The number of allylic oxidation sites excluding steroid dienone is 1. The average molecular weight is 515 g/mol. The number of nitrogens with zero attached hydrogens (tertiary/aromatic N) is 1. The Labute approximate surface area is 224 Å². The van der Waals surface area contributed by atoms with Crippen molar-refractivity contribution in [1.82, 2.24) is 4.98 Å². The lowest BCUT2D eigenvalue weighted by Gasteiger charge is -2.32. The predicted octanol–water partition coefficient (Wildman–Crippen LogP) is 6.71. The predicted molar refractivity (Wildman–Crippen MR) is 153 cm³/mol. The van der Waals surface area contributed by atoms with E-state index in [4.69, 9.17) is 4.74 Å². The molecule has 1 aliphatic rings. The number of hydrogen-bond acceptors (Lipinski definition) is 4. The molecule has 1 aliphatic heterocycles. The number of H-pyrrole nitrogens is 1. The van der Waals surface area contributed by atoms with E-state index in [-0.39, 0.29) is 11.9 Å². The minimum atomic E-state index is -1.13. The zero-order valence-corrected chi connectivity index (χ0v) is 23.6. The quantitative estimate of drug-likeness (QED) is 0.343. The highest BCUT2D eigenvalue weighted by atomic mass is 16.6. The summed E-state index contributed by atoms with van der Waals surface area (Å²) in [6.45, 7) is 15.2. The molecular formula is C32H38N2O4. The van der Waals surface area contributed by atoms with Crippen LogP contribution in [-0.4, -0.2) is 39.4 Å². The normalized spacial score (nSPS) is 18.2. The summed E-state index contributed by atoms with van der Waals surface area (Å²) in [7, 11) is 0. The number of esters is 1. The molecule has 3 aromatic rings. The Morgan fingerprint density at radius 3 is 2.26 bits per heavy atom. The molecule has 6 heteroatoms. The van der Waals surface area contributed by atoms with E-state index in [2.05, 4.69) is 42.0 Å². The van der Waals surface area contributed by atoms with Crippen LogP contribution in [0.2, 0.25) is 0 Å². The number of aryl methyl sites for hydroxylation is 2. The second kappa shape index (κ2) is 9.57. The Kier molecular flexibility index (Phi) is 6.89. The number of nitrogens with one attached hydrogen (secondary N) is 1. The maximum atomic E-state index is 13.5. The third-order valence-corrected chi connectivity index (χ3v) is 7.38. The van der Waals surface area contributed by atoms with Gasteiger partial charge in [-0.15, -0.1) is 0 Å². The van der Waals surface area contributed by atoms with E-state index in [1.54, 1.807) is 26.1 Å². The summed E-state index contributed by atoms with van der Waals surface area (Å²) in [5.74, 6) is -1.48. The molecule has 0 aliphatic carbocycles. The van der Waals surface area contributed by atoms with E-state index in [0.717, 1.165) is 44.4 Å². The van der Waals surface area contributed by atoms with Gasteiger partial charge in [-0.3, -0.25) is 9.79 Å². The van der Waals surface area contributed by atoms with Crippen LogP contribution in [0, 0.1) is 19.8 Å². The Morgan fingerprint density at radius 2 is 1.71 bits per heavy atom. The molecule has 0 fully saturated rings. The van der Waals surface area contributed by atoms with E-state index in [1.165, 1.54) is 0 Å². The highest BCUT2D eigenvalue weighted by Gasteiger charge is 2.45. The zero-order chi connectivity index (χ0) is 28.0. The minimum absolute atomic E-state index is 0.229. The Balaban J connectivity index is 1.89. The molecule has 4 rings (SSSR count). The van der Waals surface area contributed by atoms with Gasteiger partial charge in [0.15, 0.2) is 5.54 Å². The van der Waals surface area contributed by atoms with Crippen LogP contribution in [0.5, 0.6) is 0 Å². The summed E-state index contributed by atoms with van der Waals surface area (Å²) >= 11 is 0. The van der Waals surface area contributed by atoms with Gasteiger partial charge in [0.2, 0.25) is 0 Å². The molecule has 0 bridgehead atoms. The van der Waals surface area contributed by atoms with E-state index in [9.17, 15) is 14.7 Å². The first-order chi connectivity index (χ1) is 17.6. The number of aromatic nitrogens is 1. The number of aromatic amines is 1. The fourth-order valence-corrected chi connectivity index (χ4v) is 5.17. The van der Waals surface area contributed by atoms with Crippen LogP contribution in [0.25, 0.3) is 22.2 Å². The standard InChI is InChI=1S/C32H38N2O4/c1-19-14-20(2)16-22(15-19)27-25(24-18-23(10-11-26(24)34-27)31(7,8)28(35)36)17-21(3)32(12-9-13-33-32)29(37)38-30(4,5)6/h9-16,18,21,34H,17H2,1-8H3,(H,35,36). The SMILES string of the molecule is Cc1cc(C)cc(-c2[nH]c3ccc(C(C)(C)C(=O)O)cc3c2CC(C)C2(C(=O)OC(C)(C)C)C=CC=N2)c1. The van der Waals surface area contributed by atoms with Gasteiger partial charge in [-0.2, -0.15) is 0 Å². The first-order valence-electron chi connectivity index (χ1n) is 13.1. The number of rotatable bonds is 7. The summed E-state index contributed by atoms with van der Waals surface area (Å²) in [5, 5.41) is 10.8. The summed E-state index contributed by atoms with van der Waals surface area (Å²) in [6.07, 6.45) is 5.82. The van der Waals surface area contributed by atoms with Crippen LogP contribution >= 0.6 is 0 Å². The van der Waals surface area contributed by atoms with Crippen LogP contribution in [0.4, 0.5) is 0 Å². The van der Waals surface area contributed by atoms with Crippen LogP contribution < -0.4 is 0 Å². The van der Waals surface area contributed by atoms with Gasteiger partial charge in [0, 0.05) is 22.8 Å². The molecule has 2 N–H and O–H groups in total. The molecule has 0 radical (unpaired) electrons. The monoisotopic (exact) mass is 514 g/mol. The number of carboxylic acid groups (broad SMARTS) is 1. The molecule has 6 nitrogen and oxygen atoms in total. The Hall–Kier alpha value is -3.67. The van der Waals surface area contributed by atoms with E-state index >= 15 is 0 Å². The van der Waals surface area contributed by atoms with Gasteiger partial charge in [-0.25, -0.2) is 4.79 Å². The number of benzene rings is 2. The van der Waals surface area contributed by atoms with Crippen molar-refractivity contribution in [3.05, 3.63) is 70.8 Å². The molecule has 200 valence electrons. The number of carbonyl (C=O) groups is 2. The van der Waals surface area contributed by atoms with E-state index in [1.807, 2.05) is 52.0 Å². The maximum absolute atomic E-state index is 13.5. The fraction of sp³-hybridized carbons (Fsp3) is 0.406. The van der Waals surface area contributed by atoms with E-state index in [0.29, 0.717) is 6.42 Å². The van der Waals surface area contributed by atoms with Crippen molar-refractivity contribution >= 4 is 29.1 Å². The molecule has 2 unspecified atom stereocenters. The summed E-state index contributed by atoms with van der Waals surface area (Å²) < 4.78 is 5.81. The third kappa shape index (κ3) is 5.04. The molecule has 2 aromatic carbocycles. The molecule has 1 aromatic heterocycles. The lowest BCUT2D eigenvalue weighted by atomic mass is 9.80.